The third-order valence-corrected chi connectivity index (χ3v) is 4.17. The molecular formula is C16H15N. The Morgan fingerprint density at radius 1 is 1.18 bits per heavy atom. The highest BCUT2D eigenvalue weighted by Crippen LogP contribution is 2.47. The van der Waals surface area contributed by atoms with E-state index in [2.05, 4.69) is 54.5 Å². The molecule has 4 rings (SSSR count). The lowest BCUT2D eigenvalue weighted by Crippen LogP contribution is -2.28. The Kier molecular flexibility index (Phi) is 1.71. The Bertz CT molecular complexity index is 579. The van der Waals surface area contributed by atoms with Gasteiger partial charge in [0, 0.05) is 18.2 Å². The first-order valence-electron chi connectivity index (χ1n) is 6.28. The van der Waals surface area contributed by atoms with Gasteiger partial charge in [-0.1, -0.05) is 36.5 Å². The molecule has 0 saturated carbocycles. The Labute approximate surface area is 102 Å². The van der Waals surface area contributed by atoms with Crippen LogP contribution in [0, 0.1) is 0 Å². The van der Waals surface area contributed by atoms with Crippen molar-refractivity contribution in [1.29, 1.82) is 0 Å². The molecule has 0 bridgehead atoms. The molecule has 0 N–H and O–H groups in total. The van der Waals surface area contributed by atoms with Gasteiger partial charge in [-0.25, -0.2) is 0 Å². The number of allylic oxidation sites excluding steroid dienone is 7. The maximum Gasteiger partial charge on any atom is 0.0580 e. The first-order valence-corrected chi connectivity index (χ1v) is 6.28. The summed E-state index contributed by atoms with van der Waals surface area (Å²) in [5, 5.41) is 0. The molecule has 0 radical (unpaired) electrons. The Morgan fingerprint density at radius 3 is 3.00 bits per heavy atom. The fraction of sp³-hybridized carbons (Fsp3) is 0.250. The normalized spacial score (nSPS) is 28.6. The average Bonchev–Trinajstić information content (AvgIpc) is 2.88. The van der Waals surface area contributed by atoms with E-state index >= 15 is 0 Å². The predicted octanol–water partition coefficient (Wildman–Crippen LogP) is 3.27. The van der Waals surface area contributed by atoms with E-state index in [-0.39, 0.29) is 0 Å². The molecule has 0 spiro atoms. The lowest BCUT2D eigenvalue weighted by Gasteiger charge is -2.28. The van der Waals surface area contributed by atoms with Crippen LogP contribution in [-0.2, 0) is 0 Å². The highest BCUT2D eigenvalue weighted by atomic mass is 15.2. The van der Waals surface area contributed by atoms with Gasteiger partial charge in [-0.3, -0.25) is 0 Å². The van der Waals surface area contributed by atoms with Gasteiger partial charge in [-0.15, -0.1) is 0 Å². The van der Waals surface area contributed by atoms with Crippen molar-refractivity contribution < 1.29 is 0 Å². The van der Waals surface area contributed by atoms with Crippen LogP contribution in [0.4, 0.5) is 0 Å². The lowest BCUT2D eigenvalue weighted by molar-refractivity contribution is 0.371. The van der Waals surface area contributed by atoms with Gasteiger partial charge in [0.15, 0.2) is 0 Å². The van der Waals surface area contributed by atoms with Gasteiger partial charge in [0.25, 0.3) is 0 Å². The molecule has 1 heterocycles. The molecule has 4 aliphatic rings. The summed E-state index contributed by atoms with van der Waals surface area (Å²) in [5.41, 5.74) is 7.35. The molecule has 1 heteroatoms. The zero-order valence-corrected chi connectivity index (χ0v) is 9.98. The molecule has 0 aromatic rings. The molecule has 17 heavy (non-hydrogen) atoms. The molecule has 1 atom stereocenters. The smallest absolute Gasteiger partial charge is 0.0580 e. The van der Waals surface area contributed by atoms with E-state index in [1.165, 1.54) is 28.0 Å². The first kappa shape index (κ1) is 9.29. The summed E-state index contributed by atoms with van der Waals surface area (Å²) in [4.78, 5) is 2.46. The lowest BCUT2D eigenvalue weighted by atomic mass is 9.94. The molecule has 1 nitrogen and oxygen atoms in total. The third kappa shape index (κ3) is 1.09. The van der Waals surface area contributed by atoms with Crippen molar-refractivity contribution in [3.05, 3.63) is 70.5 Å². The van der Waals surface area contributed by atoms with E-state index in [0.717, 1.165) is 12.8 Å². The van der Waals surface area contributed by atoms with Crippen LogP contribution in [-0.4, -0.2) is 18.0 Å². The highest BCUT2D eigenvalue weighted by Gasteiger charge is 2.38. The van der Waals surface area contributed by atoms with Gasteiger partial charge in [-0.05, 0) is 30.1 Å². The molecule has 0 aromatic heterocycles. The maximum atomic E-state index is 2.46. The van der Waals surface area contributed by atoms with Gasteiger partial charge in [0.1, 0.15) is 0 Å². The Morgan fingerprint density at radius 2 is 2.06 bits per heavy atom. The second-order valence-electron chi connectivity index (χ2n) is 5.06. The number of nitrogens with zero attached hydrogens (tertiary/aromatic N) is 1. The molecule has 0 fully saturated rings. The van der Waals surface area contributed by atoms with Crippen molar-refractivity contribution in [1.82, 2.24) is 4.90 Å². The van der Waals surface area contributed by atoms with Crippen molar-refractivity contribution in [3.8, 4) is 0 Å². The number of hydrogen-bond donors (Lipinski definition) is 0. The van der Waals surface area contributed by atoms with Crippen LogP contribution < -0.4 is 0 Å². The molecule has 0 aromatic carbocycles. The summed E-state index contributed by atoms with van der Waals surface area (Å²) < 4.78 is 0. The van der Waals surface area contributed by atoms with Gasteiger partial charge in [0.05, 0.1) is 11.7 Å². The number of likely N-dealkylation sites (N-methyl/N-ethyl adjacent to an activating group) is 1. The first-order chi connectivity index (χ1) is 8.36. The maximum absolute atomic E-state index is 2.46. The summed E-state index contributed by atoms with van der Waals surface area (Å²) in [6.45, 7) is 0. The fourth-order valence-electron chi connectivity index (χ4n) is 3.34. The van der Waals surface area contributed by atoms with Crippen molar-refractivity contribution in [2.75, 3.05) is 7.05 Å². The Balaban J connectivity index is 1.90. The zero-order valence-electron chi connectivity index (χ0n) is 9.98. The fourth-order valence-corrected chi connectivity index (χ4v) is 3.34. The minimum atomic E-state index is 0.564. The van der Waals surface area contributed by atoms with E-state index in [0.29, 0.717) is 6.04 Å². The van der Waals surface area contributed by atoms with Gasteiger partial charge >= 0.3 is 0 Å². The summed E-state index contributed by atoms with van der Waals surface area (Å²) >= 11 is 0. The van der Waals surface area contributed by atoms with Crippen molar-refractivity contribution in [2.24, 2.45) is 0 Å². The van der Waals surface area contributed by atoms with Crippen LogP contribution in [0.25, 0.3) is 0 Å². The van der Waals surface area contributed by atoms with Crippen LogP contribution >= 0.6 is 0 Å². The van der Waals surface area contributed by atoms with Crippen LogP contribution in [0.2, 0.25) is 0 Å². The summed E-state index contributed by atoms with van der Waals surface area (Å²) in [6, 6.07) is 0.564. The zero-order chi connectivity index (χ0) is 11.4. The van der Waals surface area contributed by atoms with Crippen LogP contribution in [0.15, 0.2) is 70.5 Å². The topological polar surface area (TPSA) is 3.24 Å². The SMILES string of the molecule is CN1C2=C(C=C3CC=CC=C32)C2=CC=CCC21. The van der Waals surface area contributed by atoms with Gasteiger partial charge in [0.2, 0.25) is 0 Å². The van der Waals surface area contributed by atoms with E-state index in [9.17, 15) is 0 Å². The van der Waals surface area contributed by atoms with E-state index in [1.54, 1.807) is 0 Å². The number of rotatable bonds is 0. The van der Waals surface area contributed by atoms with Crippen molar-refractivity contribution in [3.63, 3.8) is 0 Å². The molecule has 3 aliphatic carbocycles. The molecule has 0 amide bonds. The van der Waals surface area contributed by atoms with Crippen molar-refractivity contribution in [2.45, 2.75) is 18.9 Å². The van der Waals surface area contributed by atoms with E-state index in [1.807, 2.05) is 0 Å². The summed E-state index contributed by atoms with van der Waals surface area (Å²) in [6.07, 6.45) is 18.1. The van der Waals surface area contributed by atoms with Gasteiger partial charge in [-0.2, -0.15) is 0 Å². The molecule has 0 saturated heterocycles. The minimum absolute atomic E-state index is 0.564. The van der Waals surface area contributed by atoms with E-state index < -0.39 is 0 Å². The molecule has 84 valence electrons. The second kappa shape index (κ2) is 3.13. The summed E-state index contributed by atoms with van der Waals surface area (Å²) in [5.74, 6) is 0. The van der Waals surface area contributed by atoms with Crippen LogP contribution in [0.1, 0.15) is 12.8 Å². The van der Waals surface area contributed by atoms with Gasteiger partial charge < -0.3 is 4.90 Å². The highest BCUT2D eigenvalue weighted by molar-refractivity contribution is 5.70. The molecule has 1 unspecified atom stereocenters. The number of fused-ring (bicyclic) bond motifs is 4. The van der Waals surface area contributed by atoms with E-state index in [4.69, 9.17) is 0 Å². The average molecular weight is 221 g/mol. The predicted molar refractivity (Wildman–Crippen MR) is 70.3 cm³/mol. The largest absolute Gasteiger partial charge is 0.366 e. The standard InChI is InChI=1S/C16H15N/c1-17-15-9-5-4-8-13(15)14-10-11-6-2-3-7-12(11)16(14)17/h2-5,7-8,10,15H,6,9H2,1H3. The van der Waals surface area contributed by atoms with Crippen molar-refractivity contribution >= 4 is 0 Å². The quantitative estimate of drug-likeness (QED) is 0.607. The van der Waals surface area contributed by atoms with Crippen LogP contribution in [0.3, 0.4) is 0 Å². The minimum Gasteiger partial charge on any atom is -0.366 e. The summed E-state index contributed by atoms with van der Waals surface area (Å²) in [7, 11) is 2.23. The second-order valence-corrected chi connectivity index (χ2v) is 5.06. The third-order valence-electron chi connectivity index (χ3n) is 4.17. The molecular weight excluding hydrogens is 206 g/mol. The Hall–Kier alpha value is -1.76. The molecule has 1 aliphatic heterocycles. The monoisotopic (exact) mass is 221 g/mol. The number of hydrogen-bond acceptors (Lipinski definition) is 1. The van der Waals surface area contributed by atoms with Crippen LogP contribution in [0.5, 0.6) is 0 Å².